The van der Waals surface area contributed by atoms with E-state index in [1.165, 1.54) is 0 Å². The van der Waals surface area contributed by atoms with Gasteiger partial charge in [0, 0.05) is 61.3 Å². The van der Waals surface area contributed by atoms with Gasteiger partial charge in [-0.05, 0) is 137 Å². The summed E-state index contributed by atoms with van der Waals surface area (Å²) >= 11 is 13.3. The first-order chi connectivity index (χ1) is 36.2. The zero-order chi connectivity index (χ0) is 54.2. The smallest absolute Gasteiger partial charge is 0.410 e. The number of halogens is 2. The SMILES string of the molecule is COc1ccc2oc3c(=O)[nH]c(-c4ccc(NCC5CCN(C(=O)O)C(C(C)(C)C)C5)cc4Cl)nc3c2c1.COc1ccc2oc3c(=O)[nH]c(-c4ccc(NCC5CCN(C(=O)OC(C)(C)C)CC5)cc4Cl)nc3c2c1. The molecule has 8 aromatic rings. The number of ether oxygens (including phenoxy) is 3. The predicted octanol–water partition coefficient (Wildman–Crippen LogP) is 12.3. The van der Waals surface area contributed by atoms with Crippen molar-refractivity contribution >= 4 is 90.9 Å². The molecule has 0 bridgehead atoms. The molecule has 0 aliphatic carbocycles. The van der Waals surface area contributed by atoms with Crippen LogP contribution in [0.1, 0.15) is 67.2 Å². The molecule has 2 saturated heterocycles. The number of carbonyl (C=O) groups is 2. The van der Waals surface area contributed by atoms with Gasteiger partial charge in [0.2, 0.25) is 11.2 Å². The monoisotopic (exact) mass is 1080 g/mol. The molecule has 2 aliphatic rings. The highest BCUT2D eigenvalue weighted by Gasteiger charge is 2.38. The first-order valence-electron chi connectivity index (χ1n) is 25.2. The molecule has 0 radical (unpaired) electrons. The van der Waals surface area contributed by atoms with E-state index >= 15 is 0 Å². The highest BCUT2D eigenvalue weighted by atomic mass is 35.5. The molecule has 400 valence electrons. The Labute approximate surface area is 448 Å². The number of hydrogen-bond acceptors (Lipinski definition) is 13. The molecule has 0 spiro atoms. The zero-order valence-electron chi connectivity index (χ0n) is 43.7. The number of furan rings is 2. The van der Waals surface area contributed by atoms with E-state index in [0.717, 1.165) is 43.6 Å². The number of anilines is 2. The Hall–Kier alpha value is -7.44. The molecule has 2 atom stereocenters. The van der Waals surface area contributed by atoms with E-state index in [2.05, 4.69) is 51.3 Å². The minimum absolute atomic E-state index is 0.0386. The van der Waals surface area contributed by atoms with Crippen molar-refractivity contribution in [1.82, 2.24) is 29.7 Å². The second kappa shape index (κ2) is 21.7. The fourth-order valence-electron chi connectivity index (χ4n) is 9.85. The van der Waals surface area contributed by atoms with Gasteiger partial charge in [0.25, 0.3) is 11.1 Å². The summed E-state index contributed by atoms with van der Waals surface area (Å²) in [6.45, 7) is 15.2. The standard InChI is InChI=1S/2C28H31ClN4O5/c1-28(2,3)38-27(35)33-11-9-16(10-12-33)15-30-17-5-7-19(21(29)13-17)25-31-23-20-14-18(36-4)6-8-22(20)37-24(23)26(34)32-25;1-28(2,3)22-11-15(9-10-33(22)27(35)36)14-30-16-5-7-18(20(29)12-16)25-31-23-19-13-17(37-4)6-8-21(19)38-24(23)26(34)32-25/h5-8,13-14,16,30H,9-12,15H2,1-4H3,(H,31,32,34);5-8,12-13,15,22,30H,9-11,14H2,1-4H3,(H,35,36)(H,31,32,34). The Morgan fingerprint density at radius 1 is 0.697 bits per heavy atom. The second-order valence-electron chi connectivity index (χ2n) is 21.4. The summed E-state index contributed by atoms with van der Waals surface area (Å²) < 4.78 is 27.5. The lowest BCUT2D eigenvalue weighted by Crippen LogP contribution is -2.52. The topological polar surface area (TPSA) is 230 Å². The third kappa shape index (κ3) is 11.7. The first-order valence-corrected chi connectivity index (χ1v) is 26.0. The third-order valence-corrected chi connectivity index (χ3v) is 14.5. The Morgan fingerprint density at radius 3 is 1.61 bits per heavy atom. The van der Waals surface area contributed by atoms with Gasteiger partial charge in [-0.25, -0.2) is 19.6 Å². The van der Waals surface area contributed by atoms with Crippen molar-refractivity contribution in [3.05, 3.63) is 104 Å². The van der Waals surface area contributed by atoms with Gasteiger partial charge in [0.05, 0.1) is 35.0 Å². The molecule has 2 amide bonds. The first kappa shape index (κ1) is 53.4. The number of nitrogens with one attached hydrogen (secondary N) is 4. The molecule has 10 rings (SSSR count). The number of piperidine rings is 2. The molecule has 4 aromatic heterocycles. The number of likely N-dealkylation sites (tertiary alicyclic amines) is 2. The van der Waals surface area contributed by atoms with Crippen LogP contribution in [-0.4, -0.2) is 106 Å². The van der Waals surface area contributed by atoms with Crippen LogP contribution in [0.3, 0.4) is 0 Å². The fourth-order valence-corrected chi connectivity index (χ4v) is 10.4. The van der Waals surface area contributed by atoms with Crippen LogP contribution in [0.2, 0.25) is 10.0 Å². The van der Waals surface area contributed by atoms with Crippen molar-refractivity contribution in [2.24, 2.45) is 17.3 Å². The average molecular weight is 1080 g/mol. The van der Waals surface area contributed by atoms with E-state index in [1.54, 1.807) is 60.4 Å². The van der Waals surface area contributed by atoms with Gasteiger partial charge in [-0.2, -0.15) is 0 Å². The van der Waals surface area contributed by atoms with E-state index in [1.807, 2.05) is 57.2 Å². The number of benzene rings is 4. The highest BCUT2D eigenvalue weighted by molar-refractivity contribution is 6.34. The molecule has 2 aliphatic heterocycles. The molecule has 18 nitrogen and oxygen atoms in total. The Balaban J connectivity index is 0.000000186. The van der Waals surface area contributed by atoms with Crippen molar-refractivity contribution in [3.63, 3.8) is 0 Å². The molecule has 5 N–H and O–H groups in total. The molecular formula is C56H62Cl2N8O10. The lowest BCUT2D eigenvalue weighted by Gasteiger charge is -2.44. The van der Waals surface area contributed by atoms with Gasteiger partial charge < -0.3 is 58.6 Å². The Bertz CT molecular complexity index is 3590. The number of amides is 2. The number of rotatable bonds is 10. The average Bonchev–Trinajstić information content (AvgIpc) is 3.98. The molecule has 2 unspecified atom stereocenters. The van der Waals surface area contributed by atoms with Crippen molar-refractivity contribution in [3.8, 4) is 34.3 Å². The van der Waals surface area contributed by atoms with Crippen LogP contribution < -0.4 is 31.2 Å². The molecular weight excluding hydrogens is 1020 g/mol. The number of carbonyl (C=O) groups excluding carboxylic acids is 1. The molecule has 76 heavy (non-hydrogen) atoms. The van der Waals surface area contributed by atoms with Crippen LogP contribution in [-0.2, 0) is 4.74 Å². The van der Waals surface area contributed by atoms with E-state index < -0.39 is 11.7 Å². The largest absolute Gasteiger partial charge is 0.497 e. The summed E-state index contributed by atoms with van der Waals surface area (Å²) in [5.74, 6) is 2.75. The van der Waals surface area contributed by atoms with Crippen LogP contribution in [0.25, 0.3) is 66.9 Å². The molecule has 2 fully saturated rings. The van der Waals surface area contributed by atoms with Crippen LogP contribution in [0.5, 0.6) is 11.5 Å². The van der Waals surface area contributed by atoms with Crippen LogP contribution in [0, 0.1) is 17.3 Å². The molecule has 4 aromatic carbocycles. The summed E-state index contributed by atoms with van der Waals surface area (Å²) in [5, 5.41) is 18.8. The van der Waals surface area contributed by atoms with Crippen molar-refractivity contribution < 1.29 is 37.7 Å². The number of methoxy groups -OCH3 is 2. The summed E-state index contributed by atoms with van der Waals surface area (Å²) in [7, 11) is 3.16. The third-order valence-electron chi connectivity index (χ3n) is 13.9. The van der Waals surface area contributed by atoms with Crippen molar-refractivity contribution in [2.45, 2.75) is 78.9 Å². The van der Waals surface area contributed by atoms with Gasteiger partial charge in [0.15, 0.2) is 0 Å². The Kier molecular flexibility index (Phi) is 15.2. The van der Waals surface area contributed by atoms with Crippen molar-refractivity contribution in [1.29, 1.82) is 0 Å². The highest BCUT2D eigenvalue weighted by Crippen LogP contribution is 2.37. The number of H-pyrrole nitrogens is 2. The van der Waals surface area contributed by atoms with E-state index in [-0.39, 0.29) is 39.8 Å². The molecule has 20 heteroatoms. The normalized spacial score (nSPS) is 16.4. The lowest BCUT2D eigenvalue weighted by molar-refractivity contribution is 0.0188. The number of hydrogen-bond donors (Lipinski definition) is 5. The van der Waals surface area contributed by atoms with Gasteiger partial charge in [-0.3, -0.25) is 9.59 Å². The second-order valence-corrected chi connectivity index (χ2v) is 22.2. The van der Waals surface area contributed by atoms with E-state index in [0.29, 0.717) is 115 Å². The van der Waals surface area contributed by atoms with Gasteiger partial charge >= 0.3 is 12.2 Å². The van der Waals surface area contributed by atoms with Crippen LogP contribution in [0.15, 0.2) is 91.2 Å². The van der Waals surface area contributed by atoms with Gasteiger partial charge in [-0.1, -0.05) is 44.0 Å². The number of aromatic amines is 2. The van der Waals surface area contributed by atoms with E-state index in [4.69, 9.17) is 46.2 Å². The van der Waals surface area contributed by atoms with Crippen LogP contribution in [0.4, 0.5) is 21.0 Å². The summed E-state index contributed by atoms with van der Waals surface area (Å²) in [4.78, 5) is 67.8. The van der Waals surface area contributed by atoms with E-state index in [9.17, 15) is 24.3 Å². The maximum Gasteiger partial charge on any atom is 0.410 e. The minimum atomic E-state index is -0.855. The number of aromatic nitrogens is 4. The zero-order valence-corrected chi connectivity index (χ0v) is 45.2. The fraction of sp³-hybridized carbons (Fsp3) is 0.393. The number of fused-ring (bicyclic) bond motifs is 6. The minimum Gasteiger partial charge on any atom is -0.497 e. The quantitative estimate of drug-likeness (QED) is 0.0858. The molecule has 6 heterocycles. The number of carboxylic acid groups (broad SMARTS) is 1. The number of nitrogens with zero attached hydrogens (tertiary/aromatic N) is 4. The summed E-state index contributed by atoms with van der Waals surface area (Å²) in [5.41, 5.74) is 3.81. The lowest BCUT2D eigenvalue weighted by atomic mass is 9.77. The maximum atomic E-state index is 12.8. The predicted molar refractivity (Wildman–Crippen MR) is 296 cm³/mol. The van der Waals surface area contributed by atoms with Gasteiger partial charge in [-0.15, -0.1) is 0 Å². The molecule has 0 saturated carbocycles. The maximum absolute atomic E-state index is 12.8. The van der Waals surface area contributed by atoms with Gasteiger partial charge in [0.1, 0.15) is 50.9 Å². The Morgan fingerprint density at radius 2 is 1.17 bits per heavy atom. The summed E-state index contributed by atoms with van der Waals surface area (Å²) in [6, 6.07) is 21.7. The summed E-state index contributed by atoms with van der Waals surface area (Å²) in [6.07, 6.45) is 2.28. The van der Waals surface area contributed by atoms with Crippen molar-refractivity contribution in [2.75, 3.05) is 57.6 Å². The van der Waals surface area contributed by atoms with Crippen LogP contribution >= 0.6 is 23.2 Å².